The number of aryl methyl sites for hydroxylation is 1. The molecule has 1 N–H and O–H groups in total. The summed E-state index contributed by atoms with van der Waals surface area (Å²) in [5, 5.41) is 3.38. The number of rotatable bonds is 9. The lowest BCUT2D eigenvalue weighted by atomic mass is 9.83. The largest absolute Gasteiger partial charge is 0.319 e. The molecule has 0 aromatic heterocycles. The van der Waals surface area contributed by atoms with Crippen LogP contribution in [0.1, 0.15) is 63.0 Å². The molecule has 2 atom stereocenters. The van der Waals surface area contributed by atoms with Crippen LogP contribution in [0.5, 0.6) is 0 Å². The van der Waals surface area contributed by atoms with Crippen LogP contribution in [-0.2, 0) is 0 Å². The van der Waals surface area contributed by atoms with Gasteiger partial charge in [0, 0.05) is 6.54 Å². The van der Waals surface area contributed by atoms with Gasteiger partial charge in [-0.2, -0.15) is 0 Å². The van der Waals surface area contributed by atoms with E-state index in [-0.39, 0.29) is 0 Å². The third-order valence-electron chi connectivity index (χ3n) is 4.24. The topological polar surface area (TPSA) is 12.0 Å². The van der Waals surface area contributed by atoms with Crippen LogP contribution < -0.4 is 5.32 Å². The van der Waals surface area contributed by atoms with Gasteiger partial charge in [-0.25, -0.2) is 0 Å². The molecular weight excluding hydrogens is 230 g/mol. The van der Waals surface area contributed by atoms with Crippen LogP contribution in [0.3, 0.4) is 0 Å². The van der Waals surface area contributed by atoms with E-state index < -0.39 is 0 Å². The fourth-order valence-electron chi connectivity index (χ4n) is 3.00. The third-order valence-corrected chi connectivity index (χ3v) is 4.24. The standard InChI is InChI=1S/C18H31N/c1-5-7-11-16(6-2)13-17(14-19-4)18-12-9-8-10-15(18)3/h8-10,12,16-17,19H,5-7,11,13-14H2,1-4H3. The molecule has 2 unspecified atom stereocenters. The van der Waals surface area contributed by atoms with Crippen molar-refractivity contribution in [1.82, 2.24) is 5.32 Å². The predicted octanol–water partition coefficient (Wildman–Crippen LogP) is 4.90. The molecule has 19 heavy (non-hydrogen) atoms. The number of unbranched alkanes of at least 4 members (excludes halogenated alkanes) is 1. The van der Waals surface area contributed by atoms with Gasteiger partial charge in [-0.1, -0.05) is 63.8 Å². The second-order valence-electron chi connectivity index (χ2n) is 5.76. The maximum Gasteiger partial charge on any atom is 0.00173 e. The molecule has 1 nitrogen and oxygen atoms in total. The number of likely N-dealkylation sites (N-methyl/N-ethyl adjacent to an activating group) is 1. The molecule has 0 heterocycles. The fraction of sp³-hybridized carbons (Fsp3) is 0.667. The molecule has 1 heteroatoms. The monoisotopic (exact) mass is 261 g/mol. The van der Waals surface area contributed by atoms with Gasteiger partial charge in [0.2, 0.25) is 0 Å². The Morgan fingerprint density at radius 1 is 1.16 bits per heavy atom. The van der Waals surface area contributed by atoms with Gasteiger partial charge in [-0.3, -0.25) is 0 Å². The molecule has 0 radical (unpaired) electrons. The summed E-state index contributed by atoms with van der Waals surface area (Å²) in [6.07, 6.45) is 6.71. The smallest absolute Gasteiger partial charge is 0.00173 e. The minimum atomic E-state index is 0.660. The molecule has 0 aliphatic heterocycles. The normalized spacial score (nSPS) is 14.3. The maximum absolute atomic E-state index is 3.38. The summed E-state index contributed by atoms with van der Waals surface area (Å²) in [4.78, 5) is 0. The zero-order valence-corrected chi connectivity index (χ0v) is 13.2. The molecule has 0 saturated heterocycles. The number of nitrogens with one attached hydrogen (secondary N) is 1. The van der Waals surface area contributed by atoms with Crippen LogP contribution in [0.25, 0.3) is 0 Å². The van der Waals surface area contributed by atoms with Crippen LogP contribution in [0.4, 0.5) is 0 Å². The van der Waals surface area contributed by atoms with E-state index in [0.29, 0.717) is 5.92 Å². The first-order valence-corrected chi connectivity index (χ1v) is 7.93. The lowest BCUT2D eigenvalue weighted by Crippen LogP contribution is -2.20. The highest BCUT2D eigenvalue weighted by Crippen LogP contribution is 2.29. The van der Waals surface area contributed by atoms with E-state index in [4.69, 9.17) is 0 Å². The summed E-state index contributed by atoms with van der Waals surface area (Å²) in [5.41, 5.74) is 2.97. The van der Waals surface area contributed by atoms with Gasteiger partial charge < -0.3 is 5.32 Å². The van der Waals surface area contributed by atoms with Crippen LogP contribution in [0.15, 0.2) is 24.3 Å². The van der Waals surface area contributed by atoms with E-state index in [9.17, 15) is 0 Å². The maximum atomic E-state index is 3.38. The van der Waals surface area contributed by atoms with E-state index in [1.807, 2.05) is 0 Å². The number of hydrogen-bond donors (Lipinski definition) is 1. The first kappa shape index (κ1) is 16.2. The Bertz CT molecular complexity index is 345. The highest BCUT2D eigenvalue weighted by molar-refractivity contribution is 5.29. The quantitative estimate of drug-likeness (QED) is 0.666. The van der Waals surface area contributed by atoms with Crippen LogP contribution in [0.2, 0.25) is 0 Å². The highest BCUT2D eigenvalue weighted by Gasteiger charge is 2.17. The molecule has 0 amide bonds. The molecule has 0 saturated carbocycles. The van der Waals surface area contributed by atoms with Gasteiger partial charge in [-0.05, 0) is 43.4 Å². The van der Waals surface area contributed by atoms with E-state index in [1.54, 1.807) is 0 Å². The Morgan fingerprint density at radius 2 is 1.89 bits per heavy atom. The Kier molecular flexibility index (Phi) is 7.81. The fourth-order valence-corrected chi connectivity index (χ4v) is 3.00. The van der Waals surface area contributed by atoms with Crippen molar-refractivity contribution >= 4 is 0 Å². The molecule has 1 aromatic carbocycles. The van der Waals surface area contributed by atoms with Gasteiger partial charge in [0.1, 0.15) is 0 Å². The lowest BCUT2D eigenvalue weighted by molar-refractivity contribution is 0.379. The lowest BCUT2D eigenvalue weighted by Gasteiger charge is -2.24. The number of benzene rings is 1. The molecule has 0 bridgehead atoms. The zero-order valence-electron chi connectivity index (χ0n) is 13.2. The van der Waals surface area contributed by atoms with Crippen molar-refractivity contribution in [2.45, 2.75) is 58.8 Å². The SMILES string of the molecule is CCCCC(CC)CC(CNC)c1ccccc1C. The Morgan fingerprint density at radius 3 is 2.47 bits per heavy atom. The van der Waals surface area contributed by atoms with Gasteiger partial charge in [0.25, 0.3) is 0 Å². The molecule has 0 aliphatic carbocycles. The van der Waals surface area contributed by atoms with Gasteiger partial charge in [-0.15, -0.1) is 0 Å². The van der Waals surface area contributed by atoms with E-state index in [2.05, 4.69) is 57.4 Å². The molecule has 0 aliphatic rings. The van der Waals surface area contributed by atoms with E-state index in [1.165, 1.54) is 43.2 Å². The van der Waals surface area contributed by atoms with Crippen molar-refractivity contribution < 1.29 is 0 Å². The Balaban J connectivity index is 2.74. The van der Waals surface area contributed by atoms with Crippen molar-refractivity contribution in [3.63, 3.8) is 0 Å². The van der Waals surface area contributed by atoms with Crippen LogP contribution in [0, 0.1) is 12.8 Å². The van der Waals surface area contributed by atoms with E-state index >= 15 is 0 Å². The van der Waals surface area contributed by atoms with Crippen molar-refractivity contribution in [3.8, 4) is 0 Å². The Labute approximate surface area is 119 Å². The summed E-state index contributed by atoms with van der Waals surface area (Å²) in [6, 6.07) is 8.87. The average molecular weight is 261 g/mol. The summed E-state index contributed by atoms with van der Waals surface area (Å²) in [6.45, 7) is 7.96. The molecule has 108 valence electrons. The molecule has 1 rings (SSSR count). The summed E-state index contributed by atoms with van der Waals surface area (Å²) >= 11 is 0. The molecule has 0 spiro atoms. The van der Waals surface area contributed by atoms with Crippen LogP contribution in [-0.4, -0.2) is 13.6 Å². The zero-order chi connectivity index (χ0) is 14.1. The van der Waals surface area contributed by atoms with Crippen LogP contribution >= 0.6 is 0 Å². The van der Waals surface area contributed by atoms with Gasteiger partial charge in [0.05, 0.1) is 0 Å². The first-order valence-electron chi connectivity index (χ1n) is 7.93. The van der Waals surface area contributed by atoms with Gasteiger partial charge in [0.15, 0.2) is 0 Å². The minimum Gasteiger partial charge on any atom is -0.319 e. The van der Waals surface area contributed by atoms with Crippen molar-refractivity contribution in [2.75, 3.05) is 13.6 Å². The van der Waals surface area contributed by atoms with E-state index in [0.717, 1.165) is 12.5 Å². The summed E-state index contributed by atoms with van der Waals surface area (Å²) < 4.78 is 0. The third kappa shape index (κ3) is 5.36. The Hall–Kier alpha value is -0.820. The first-order chi connectivity index (χ1) is 9.22. The minimum absolute atomic E-state index is 0.660. The molecule has 0 fully saturated rings. The second-order valence-corrected chi connectivity index (χ2v) is 5.76. The molecular formula is C18H31N. The summed E-state index contributed by atoms with van der Waals surface area (Å²) in [7, 11) is 2.07. The second kappa shape index (κ2) is 9.14. The van der Waals surface area contributed by atoms with Crippen molar-refractivity contribution in [1.29, 1.82) is 0 Å². The number of hydrogen-bond acceptors (Lipinski definition) is 1. The van der Waals surface area contributed by atoms with Crippen molar-refractivity contribution in [3.05, 3.63) is 35.4 Å². The molecule has 1 aromatic rings. The van der Waals surface area contributed by atoms with Gasteiger partial charge >= 0.3 is 0 Å². The predicted molar refractivity (Wildman–Crippen MR) is 85.8 cm³/mol. The summed E-state index contributed by atoms with van der Waals surface area (Å²) in [5.74, 6) is 1.53. The highest BCUT2D eigenvalue weighted by atomic mass is 14.8. The van der Waals surface area contributed by atoms with Crippen molar-refractivity contribution in [2.24, 2.45) is 5.92 Å². The average Bonchev–Trinajstić information content (AvgIpc) is 2.43.